The minimum Gasteiger partial charge on any atom is -0.229 e. The first-order valence-electron chi connectivity index (χ1n) is 12.4. The van der Waals surface area contributed by atoms with E-state index in [0.29, 0.717) is 11.4 Å². The summed E-state index contributed by atoms with van der Waals surface area (Å²) < 4.78 is 2.35. The number of benzene rings is 2. The average Bonchev–Trinajstić information content (AvgIpc) is 3.27. The lowest BCUT2D eigenvalue weighted by molar-refractivity contribution is -0.425. The SMILES string of the molecule is CC(C)c1cc(N=[N+]=[N-])cc(C(C)C)c1N1C=[N+](c2c(C(C)C)cc(N=[N+]=[N-])cc2C(C)C)CC1. The lowest BCUT2D eigenvalue weighted by Gasteiger charge is -2.22. The molecule has 8 nitrogen and oxygen atoms in total. The van der Waals surface area contributed by atoms with Crippen LogP contribution in [-0.2, 0) is 0 Å². The molecular weight excluding hydrogens is 436 g/mol. The third-order valence-corrected chi connectivity index (χ3v) is 6.55. The molecule has 35 heavy (non-hydrogen) atoms. The highest BCUT2D eigenvalue weighted by Crippen LogP contribution is 2.42. The van der Waals surface area contributed by atoms with E-state index in [1.165, 1.54) is 33.6 Å². The van der Waals surface area contributed by atoms with E-state index in [1.807, 2.05) is 24.3 Å². The van der Waals surface area contributed by atoms with Crippen LogP contribution in [0, 0.1) is 0 Å². The normalized spacial score (nSPS) is 13.5. The molecule has 0 unspecified atom stereocenters. The summed E-state index contributed by atoms with van der Waals surface area (Å²) in [7, 11) is 0. The summed E-state index contributed by atoms with van der Waals surface area (Å²) in [6.45, 7) is 19.1. The molecule has 0 atom stereocenters. The summed E-state index contributed by atoms with van der Waals surface area (Å²) in [5.41, 5.74) is 26.5. The van der Waals surface area contributed by atoms with Gasteiger partial charge in [-0.3, -0.25) is 0 Å². The highest BCUT2D eigenvalue weighted by molar-refractivity contribution is 5.84. The Morgan fingerprint density at radius 2 is 1.11 bits per heavy atom. The Balaban J connectivity index is 2.24. The molecule has 8 heteroatoms. The van der Waals surface area contributed by atoms with Gasteiger partial charge in [0, 0.05) is 43.5 Å². The zero-order valence-electron chi connectivity index (χ0n) is 22.2. The van der Waals surface area contributed by atoms with E-state index in [4.69, 9.17) is 11.1 Å². The van der Waals surface area contributed by atoms with E-state index in [0.717, 1.165) is 13.1 Å². The number of hydrogen-bond donors (Lipinski definition) is 0. The maximum absolute atomic E-state index is 9.02. The van der Waals surface area contributed by atoms with Gasteiger partial charge in [0.15, 0.2) is 0 Å². The largest absolute Gasteiger partial charge is 0.244 e. The van der Waals surface area contributed by atoms with E-state index >= 15 is 0 Å². The molecule has 0 aliphatic carbocycles. The van der Waals surface area contributed by atoms with Crippen LogP contribution >= 0.6 is 0 Å². The fourth-order valence-electron chi connectivity index (χ4n) is 4.81. The van der Waals surface area contributed by atoms with E-state index in [1.54, 1.807) is 0 Å². The zero-order valence-corrected chi connectivity index (χ0v) is 22.2. The van der Waals surface area contributed by atoms with Crippen molar-refractivity contribution in [1.82, 2.24) is 0 Å². The minimum atomic E-state index is 0.277. The van der Waals surface area contributed by atoms with Crippen molar-refractivity contribution in [2.75, 3.05) is 18.0 Å². The van der Waals surface area contributed by atoms with E-state index < -0.39 is 0 Å². The first-order valence-corrected chi connectivity index (χ1v) is 12.4. The maximum Gasteiger partial charge on any atom is 0.244 e. The van der Waals surface area contributed by atoms with E-state index in [-0.39, 0.29) is 23.7 Å². The van der Waals surface area contributed by atoms with Crippen molar-refractivity contribution in [2.45, 2.75) is 79.1 Å². The molecule has 0 spiro atoms. The topological polar surface area (TPSA) is 104 Å². The molecule has 0 saturated heterocycles. The van der Waals surface area contributed by atoms with Crippen LogP contribution in [0.2, 0.25) is 0 Å². The van der Waals surface area contributed by atoms with Crippen LogP contribution in [0.3, 0.4) is 0 Å². The predicted octanol–water partition coefficient (Wildman–Crippen LogP) is 9.26. The van der Waals surface area contributed by atoms with Crippen LogP contribution in [0.5, 0.6) is 0 Å². The fourth-order valence-corrected chi connectivity index (χ4v) is 4.81. The van der Waals surface area contributed by atoms with Crippen molar-refractivity contribution >= 4 is 29.1 Å². The van der Waals surface area contributed by atoms with Gasteiger partial charge in [0.2, 0.25) is 6.34 Å². The fraction of sp³-hybridized carbons (Fsp3) is 0.519. The number of nitrogens with zero attached hydrogens (tertiary/aromatic N) is 8. The number of anilines is 1. The van der Waals surface area contributed by atoms with Crippen LogP contribution < -0.4 is 4.90 Å². The highest BCUT2D eigenvalue weighted by atomic mass is 15.3. The summed E-state index contributed by atoms with van der Waals surface area (Å²) in [6, 6.07) is 8.09. The van der Waals surface area contributed by atoms with Gasteiger partial charge >= 0.3 is 0 Å². The molecule has 1 heterocycles. The lowest BCUT2D eigenvalue weighted by atomic mass is 9.91. The van der Waals surface area contributed by atoms with Gasteiger partial charge in [-0.15, -0.1) is 0 Å². The average molecular weight is 474 g/mol. The second-order valence-corrected chi connectivity index (χ2v) is 10.4. The molecule has 3 rings (SSSR count). The Kier molecular flexibility index (Phi) is 8.11. The summed E-state index contributed by atoms with van der Waals surface area (Å²) in [4.78, 5) is 8.39. The van der Waals surface area contributed by atoms with Crippen molar-refractivity contribution < 1.29 is 4.58 Å². The Morgan fingerprint density at radius 1 is 0.714 bits per heavy atom. The molecule has 0 saturated carbocycles. The molecular formula is C27H37N8+. The summed E-state index contributed by atoms with van der Waals surface area (Å²) in [6.07, 6.45) is 2.22. The standard InChI is InChI=1S/C27H37N8/c1-16(2)22-11-20(30-32-28)12-23(17(3)4)26(22)34-9-10-35(15-34)27-24(18(5)6)13-21(31-33-29)14-25(27)19(7)8/h11-19H,9-10H2,1-8H3/q+1. The van der Waals surface area contributed by atoms with Crippen molar-refractivity contribution in [2.24, 2.45) is 10.2 Å². The second kappa shape index (κ2) is 10.9. The van der Waals surface area contributed by atoms with Crippen molar-refractivity contribution in [3.63, 3.8) is 0 Å². The maximum atomic E-state index is 9.02. The quantitative estimate of drug-likeness (QED) is 0.162. The molecule has 2 aromatic carbocycles. The van der Waals surface area contributed by atoms with E-state index in [9.17, 15) is 0 Å². The van der Waals surface area contributed by atoms with Crippen LogP contribution in [0.4, 0.5) is 22.7 Å². The van der Waals surface area contributed by atoms with Gasteiger partial charge in [-0.1, -0.05) is 65.6 Å². The van der Waals surface area contributed by atoms with Gasteiger partial charge in [0.1, 0.15) is 24.5 Å². The molecule has 1 aliphatic heterocycles. The van der Waals surface area contributed by atoms with Crippen molar-refractivity contribution in [3.05, 3.63) is 67.4 Å². The Bertz CT molecular complexity index is 1170. The molecule has 0 radical (unpaired) electrons. The predicted molar refractivity (Wildman–Crippen MR) is 145 cm³/mol. The molecule has 0 bridgehead atoms. The van der Waals surface area contributed by atoms with Gasteiger partial charge in [0.05, 0.1) is 0 Å². The smallest absolute Gasteiger partial charge is 0.229 e. The van der Waals surface area contributed by atoms with E-state index in [2.05, 4.69) is 91.3 Å². The third-order valence-electron chi connectivity index (χ3n) is 6.55. The van der Waals surface area contributed by atoms with Crippen LogP contribution in [0.15, 0.2) is 34.5 Å². The van der Waals surface area contributed by atoms with Crippen LogP contribution in [-0.4, -0.2) is 24.0 Å². The Morgan fingerprint density at radius 3 is 1.49 bits per heavy atom. The minimum absolute atomic E-state index is 0.277. The molecule has 184 valence electrons. The molecule has 0 N–H and O–H groups in total. The van der Waals surface area contributed by atoms with Gasteiger partial charge in [-0.2, -0.15) is 0 Å². The number of azide groups is 2. The van der Waals surface area contributed by atoms with Gasteiger partial charge < -0.3 is 0 Å². The first-order chi connectivity index (χ1) is 16.6. The molecule has 0 fully saturated rings. The second-order valence-electron chi connectivity index (χ2n) is 10.4. The summed E-state index contributed by atoms with van der Waals surface area (Å²) >= 11 is 0. The highest BCUT2D eigenvalue weighted by Gasteiger charge is 2.32. The lowest BCUT2D eigenvalue weighted by Crippen LogP contribution is -2.22. The Hall–Kier alpha value is -3.47. The van der Waals surface area contributed by atoms with Crippen LogP contribution in [0.25, 0.3) is 20.9 Å². The monoisotopic (exact) mass is 473 g/mol. The molecule has 2 aromatic rings. The Labute approximate surface area is 208 Å². The molecule has 0 amide bonds. The van der Waals surface area contributed by atoms with Crippen molar-refractivity contribution in [1.29, 1.82) is 0 Å². The third kappa shape index (κ3) is 5.45. The van der Waals surface area contributed by atoms with Crippen molar-refractivity contribution in [3.8, 4) is 0 Å². The molecule has 0 aromatic heterocycles. The summed E-state index contributed by atoms with van der Waals surface area (Å²) in [5, 5.41) is 7.83. The molecule has 1 aliphatic rings. The van der Waals surface area contributed by atoms with Gasteiger partial charge in [0.25, 0.3) is 0 Å². The first kappa shape index (κ1) is 26.1. The summed E-state index contributed by atoms with van der Waals surface area (Å²) in [5.74, 6) is 1.11. The zero-order chi connectivity index (χ0) is 25.9. The van der Waals surface area contributed by atoms with Gasteiger partial charge in [-0.25, -0.2) is 9.48 Å². The van der Waals surface area contributed by atoms with Gasteiger partial charge in [-0.05, 0) is 59.0 Å². The number of hydrogen-bond acceptors (Lipinski definition) is 3. The van der Waals surface area contributed by atoms with Crippen LogP contribution in [0.1, 0.15) is 101 Å². The number of rotatable bonds is 8.